The summed E-state index contributed by atoms with van der Waals surface area (Å²) in [6, 6.07) is 0. The van der Waals surface area contributed by atoms with Crippen LogP contribution in [0.1, 0.15) is 50.5 Å². The SMILES string of the molecule is CCc1nn(C)cc1-c1nc(C2(N)CCCCC2)no1. The topological polar surface area (TPSA) is 82.8 Å². The van der Waals surface area contributed by atoms with E-state index >= 15 is 0 Å². The van der Waals surface area contributed by atoms with E-state index < -0.39 is 5.54 Å². The predicted molar refractivity (Wildman–Crippen MR) is 74.8 cm³/mol. The number of hydrogen-bond donors (Lipinski definition) is 1. The highest BCUT2D eigenvalue weighted by Crippen LogP contribution is 2.34. The number of rotatable bonds is 3. The lowest BCUT2D eigenvalue weighted by molar-refractivity contribution is 0.275. The van der Waals surface area contributed by atoms with E-state index in [1.54, 1.807) is 4.68 Å². The molecule has 1 fully saturated rings. The molecule has 1 saturated carbocycles. The summed E-state index contributed by atoms with van der Waals surface area (Å²) in [5.74, 6) is 1.17. The molecule has 0 radical (unpaired) electrons. The molecule has 2 N–H and O–H groups in total. The Morgan fingerprint density at radius 1 is 1.35 bits per heavy atom. The van der Waals surface area contributed by atoms with Gasteiger partial charge >= 0.3 is 0 Å². The molecule has 2 aromatic heterocycles. The van der Waals surface area contributed by atoms with Crippen LogP contribution in [0.4, 0.5) is 0 Å². The van der Waals surface area contributed by atoms with Gasteiger partial charge in [0.15, 0.2) is 5.82 Å². The fourth-order valence-corrected chi connectivity index (χ4v) is 2.92. The van der Waals surface area contributed by atoms with Gasteiger partial charge in [-0.25, -0.2) is 0 Å². The molecule has 2 aromatic rings. The van der Waals surface area contributed by atoms with E-state index in [2.05, 4.69) is 22.2 Å². The first-order chi connectivity index (χ1) is 9.62. The highest BCUT2D eigenvalue weighted by Gasteiger charge is 2.34. The van der Waals surface area contributed by atoms with Gasteiger partial charge < -0.3 is 10.3 Å². The summed E-state index contributed by atoms with van der Waals surface area (Å²) in [4.78, 5) is 4.54. The standard InChI is InChI=1S/C14H21N5O/c1-3-11-10(9-19(2)17-11)12-16-13(18-20-12)14(15)7-5-4-6-8-14/h9H,3-8,15H2,1-2H3. The maximum Gasteiger partial charge on any atom is 0.261 e. The normalized spacial score (nSPS) is 18.4. The molecule has 1 aliphatic rings. The molecule has 108 valence electrons. The van der Waals surface area contributed by atoms with Gasteiger partial charge in [-0.3, -0.25) is 4.68 Å². The Balaban J connectivity index is 1.93. The Labute approximate surface area is 118 Å². The van der Waals surface area contributed by atoms with Crippen LogP contribution in [0.5, 0.6) is 0 Å². The molecule has 20 heavy (non-hydrogen) atoms. The maximum absolute atomic E-state index is 6.44. The first-order valence-electron chi connectivity index (χ1n) is 7.28. The van der Waals surface area contributed by atoms with Crippen LogP contribution in [0.3, 0.4) is 0 Å². The molecule has 0 aromatic carbocycles. The summed E-state index contributed by atoms with van der Waals surface area (Å²) < 4.78 is 7.21. The summed E-state index contributed by atoms with van der Waals surface area (Å²) in [7, 11) is 1.89. The second-order valence-corrected chi connectivity index (χ2v) is 5.66. The lowest BCUT2D eigenvalue weighted by atomic mass is 9.82. The van der Waals surface area contributed by atoms with Crippen molar-refractivity contribution in [3.8, 4) is 11.5 Å². The van der Waals surface area contributed by atoms with Crippen molar-refractivity contribution in [2.45, 2.75) is 51.0 Å². The summed E-state index contributed by atoms with van der Waals surface area (Å²) in [6.45, 7) is 2.06. The minimum atomic E-state index is -0.422. The van der Waals surface area contributed by atoms with Crippen LogP contribution >= 0.6 is 0 Å². The van der Waals surface area contributed by atoms with E-state index in [0.717, 1.165) is 43.4 Å². The van der Waals surface area contributed by atoms with E-state index in [4.69, 9.17) is 10.3 Å². The quantitative estimate of drug-likeness (QED) is 0.928. The molecule has 6 nitrogen and oxygen atoms in total. The van der Waals surface area contributed by atoms with E-state index in [0.29, 0.717) is 11.7 Å². The minimum Gasteiger partial charge on any atom is -0.334 e. The second kappa shape index (κ2) is 5.01. The lowest BCUT2D eigenvalue weighted by Gasteiger charge is -2.29. The average molecular weight is 275 g/mol. The largest absolute Gasteiger partial charge is 0.334 e. The fourth-order valence-electron chi connectivity index (χ4n) is 2.92. The van der Waals surface area contributed by atoms with Crippen molar-refractivity contribution in [2.75, 3.05) is 0 Å². The van der Waals surface area contributed by atoms with E-state index in [9.17, 15) is 0 Å². The summed E-state index contributed by atoms with van der Waals surface area (Å²) in [5.41, 5.74) is 7.90. The van der Waals surface area contributed by atoms with E-state index in [1.165, 1.54) is 6.42 Å². The number of aryl methyl sites for hydroxylation is 2. The van der Waals surface area contributed by atoms with E-state index in [1.807, 2.05) is 13.2 Å². The van der Waals surface area contributed by atoms with Gasteiger partial charge in [0.25, 0.3) is 5.89 Å². The van der Waals surface area contributed by atoms with Gasteiger partial charge in [-0.1, -0.05) is 31.3 Å². The monoisotopic (exact) mass is 275 g/mol. The second-order valence-electron chi connectivity index (χ2n) is 5.66. The van der Waals surface area contributed by atoms with Crippen LogP contribution < -0.4 is 5.73 Å². The molecular weight excluding hydrogens is 254 g/mol. The number of nitrogens with two attached hydrogens (primary N) is 1. The molecule has 0 bridgehead atoms. The van der Waals surface area contributed by atoms with Crippen LogP contribution in [-0.2, 0) is 19.0 Å². The zero-order chi connectivity index (χ0) is 14.2. The summed E-state index contributed by atoms with van der Waals surface area (Å²) >= 11 is 0. The molecule has 1 aliphatic carbocycles. The first-order valence-corrected chi connectivity index (χ1v) is 7.28. The smallest absolute Gasteiger partial charge is 0.261 e. The van der Waals surface area contributed by atoms with Gasteiger partial charge in [0.05, 0.1) is 16.8 Å². The Kier molecular flexibility index (Phi) is 3.33. The van der Waals surface area contributed by atoms with Crippen LogP contribution in [0.25, 0.3) is 11.5 Å². The van der Waals surface area contributed by atoms with Crippen molar-refractivity contribution in [1.82, 2.24) is 19.9 Å². The Morgan fingerprint density at radius 2 is 2.10 bits per heavy atom. The number of hydrogen-bond acceptors (Lipinski definition) is 5. The Bertz CT molecular complexity index is 594. The van der Waals surface area contributed by atoms with Crippen LogP contribution in [-0.4, -0.2) is 19.9 Å². The third-order valence-corrected chi connectivity index (χ3v) is 4.09. The third-order valence-electron chi connectivity index (χ3n) is 4.09. The number of nitrogens with zero attached hydrogens (tertiary/aromatic N) is 4. The highest BCUT2D eigenvalue weighted by atomic mass is 16.5. The number of aromatic nitrogens is 4. The van der Waals surface area contributed by atoms with Crippen molar-refractivity contribution in [3.63, 3.8) is 0 Å². The molecular formula is C14H21N5O. The van der Waals surface area contributed by atoms with Crippen LogP contribution in [0, 0.1) is 0 Å². The lowest BCUT2D eigenvalue weighted by Crippen LogP contribution is -2.39. The Hall–Kier alpha value is -1.69. The molecule has 0 amide bonds. The summed E-state index contributed by atoms with van der Waals surface area (Å²) in [6.07, 6.45) is 8.12. The minimum absolute atomic E-state index is 0.422. The van der Waals surface area contributed by atoms with Crippen LogP contribution in [0.15, 0.2) is 10.7 Å². The Morgan fingerprint density at radius 3 is 2.80 bits per heavy atom. The summed E-state index contributed by atoms with van der Waals surface area (Å²) in [5, 5.41) is 8.53. The van der Waals surface area contributed by atoms with Gasteiger partial charge in [-0.2, -0.15) is 10.1 Å². The zero-order valence-corrected chi connectivity index (χ0v) is 12.1. The van der Waals surface area contributed by atoms with Crippen molar-refractivity contribution >= 4 is 0 Å². The molecule has 0 spiro atoms. The molecule has 2 heterocycles. The molecule has 0 atom stereocenters. The fraction of sp³-hybridized carbons (Fsp3) is 0.643. The van der Waals surface area contributed by atoms with Crippen molar-refractivity contribution in [2.24, 2.45) is 12.8 Å². The van der Waals surface area contributed by atoms with Gasteiger partial charge in [-0.05, 0) is 19.3 Å². The molecule has 3 rings (SSSR count). The molecule has 6 heteroatoms. The van der Waals surface area contributed by atoms with E-state index in [-0.39, 0.29) is 0 Å². The van der Waals surface area contributed by atoms with Crippen LogP contribution in [0.2, 0.25) is 0 Å². The van der Waals surface area contributed by atoms with Crippen molar-refractivity contribution in [3.05, 3.63) is 17.7 Å². The first kappa shape index (κ1) is 13.3. The molecule has 0 unspecified atom stereocenters. The average Bonchev–Trinajstić information content (AvgIpc) is 3.05. The predicted octanol–water partition coefficient (Wildman–Crippen LogP) is 2.15. The van der Waals surface area contributed by atoms with Gasteiger partial charge in [0, 0.05) is 13.2 Å². The highest BCUT2D eigenvalue weighted by molar-refractivity contribution is 5.55. The van der Waals surface area contributed by atoms with Gasteiger partial charge in [0.1, 0.15) is 0 Å². The van der Waals surface area contributed by atoms with Gasteiger partial charge in [0.2, 0.25) is 0 Å². The van der Waals surface area contributed by atoms with Crippen molar-refractivity contribution in [1.29, 1.82) is 0 Å². The molecule has 0 aliphatic heterocycles. The zero-order valence-electron chi connectivity index (χ0n) is 12.1. The van der Waals surface area contributed by atoms with Crippen molar-refractivity contribution < 1.29 is 4.52 Å². The maximum atomic E-state index is 6.44. The molecule has 0 saturated heterocycles. The van der Waals surface area contributed by atoms with Gasteiger partial charge in [-0.15, -0.1) is 0 Å². The third kappa shape index (κ3) is 2.24.